The molecule has 2 heterocycles. The number of ether oxygens (including phenoxy) is 2. The molecule has 46 heavy (non-hydrogen) atoms. The summed E-state index contributed by atoms with van der Waals surface area (Å²) >= 11 is 6.31. The zero-order valence-electron chi connectivity index (χ0n) is 24.8. The quantitative estimate of drug-likeness (QED) is 0.264. The van der Waals surface area contributed by atoms with Gasteiger partial charge in [0.15, 0.2) is 0 Å². The van der Waals surface area contributed by atoms with Crippen LogP contribution in [0.3, 0.4) is 0 Å². The van der Waals surface area contributed by atoms with Gasteiger partial charge in [-0.1, -0.05) is 35.4 Å². The molecule has 0 radical (unpaired) electrons. The minimum atomic E-state index is -1.62. The van der Waals surface area contributed by atoms with Crippen LogP contribution in [0.2, 0.25) is 5.02 Å². The zero-order valence-corrected chi connectivity index (χ0v) is 25.5. The van der Waals surface area contributed by atoms with Crippen LogP contribution in [0.1, 0.15) is 29.9 Å². The molecule has 2 aliphatic carbocycles. The van der Waals surface area contributed by atoms with Crippen molar-refractivity contribution in [1.82, 2.24) is 10.3 Å². The van der Waals surface area contributed by atoms with Gasteiger partial charge >= 0.3 is 0 Å². The maximum Gasteiger partial charge on any atom is 0.260 e. The van der Waals surface area contributed by atoms with Gasteiger partial charge in [-0.15, -0.1) is 0 Å². The van der Waals surface area contributed by atoms with E-state index in [1.807, 2.05) is 6.08 Å². The lowest BCUT2D eigenvalue weighted by Crippen LogP contribution is -2.53. The van der Waals surface area contributed by atoms with Gasteiger partial charge in [-0.25, -0.2) is 4.39 Å². The van der Waals surface area contributed by atoms with E-state index < -0.39 is 58.5 Å². The van der Waals surface area contributed by atoms with Gasteiger partial charge in [-0.3, -0.25) is 29.9 Å². The molecule has 3 aromatic carbocycles. The first-order valence-electron chi connectivity index (χ1n) is 14.8. The van der Waals surface area contributed by atoms with Crippen molar-refractivity contribution in [1.29, 1.82) is 0 Å². The molecule has 7 rings (SSSR count). The SMILES string of the molecule is COc1cc(O)cc(OC)c1C1C2=CCC3C(=O)NC(=O)C3C2CC2C(=O)N(Nc3ccc(F)cc3)C(=O)C21c1ccc(Cl)cc1. The summed E-state index contributed by atoms with van der Waals surface area (Å²) in [5, 5.41) is 14.4. The van der Waals surface area contributed by atoms with E-state index in [0.717, 1.165) is 5.01 Å². The molecule has 12 heteroatoms. The Bertz CT molecular complexity index is 1800. The number of benzene rings is 3. The Labute approximate surface area is 268 Å². The molecule has 2 saturated heterocycles. The molecule has 3 aromatic rings. The molecule has 10 nitrogen and oxygen atoms in total. The molecular formula is C34H29ClFN3O7. The van der Waals surface area contributed by atoms with Gasteiger partial charge in [0.1, 0.15) is 23.1 Å². The van der Waals surface area contributed by atoms with Crippen LogP contribution in [0.15, 0.2) is 72.3 Å². The number of aromatic hydroxyl groups is 1. The number of hydrazine groups is 1. The minimum Gasteiger partial charge on any atom is -0.508 e. The minimum absolute atomic E-state index is 0.0850. The molecule has 0 spiro atoms. The monoisotopic (exact) mass is 645 g/mol. The first kappa shape index (κ1) is 29.8. The summed E-state index contributed by atoms with van der Waals surface area (Å²) in [5.74, 6) is -6.13. The highest BCUT2D eigenvalue weighted by Crippen LogP contribution is 2.65. The second kappa shape index (κ2) is 10.9. The van der Waals surface area contributed by atoms with Crippen molar-refractivity contribution in [2.45, 2.75) is 24.2 Å². The second-order valence-corrected chi connectivity index (χ2v) is 12.4. The molecule has 236 valence electrons. The van der Waals surface area contributed by atoms with Crippen molar-refractivity contribution in [3.63, 3.8) is 0 Å². The lowest BCUT2D eigenvalue weighted by Gasteiger charge is -2.51. The van der Waals surface area contributed by atoms with Gasteiger partial charge in [-0.2, -0.15) is 5.01 Å². The third-order valence-electron chi connectivity index (χ3n) is 9.92. The predicted molar refractivity (Wildman–Crippen MR) is 163 cm³/mol. The number of nitrogens with one attached hydrogen (secondary N) is 2. The standard InChI is InChI=1S/C34H29ClFN3O7/c1-45-25-13-20(40)14-26(46-2)28(25)29-21-11-12-22-27(31(42)37-30(22)41)23(21)15-24-32(43)39(38-19-9-7-18(36)8-10-19)33(44)34(24,29)16-3-5-17(35)6-4-16/h3-11,13-14,22-24,27,29,38,40H,12,15H2,1-2H3,(H,37,41,42). The number of rotatable bonds is 6. The highest BCUT2D eigenvalue weighted by atomic mass is 35.5. The molecule has 3 fully saturated rings. The van der Waals surface area contributed by atoms with E-state index in [2.05, 4.69) is 10.7 Å². The Morgan fingerprint density at radius 1 is 0.957 bits per heavy atom. The average molecular weight is 646 g/mol. The number of halogens is 2. The zero-order chi connectivity index (χ0) is 32.5. The van der Waals surface area contributed by atoms with Crippen molar-refractivity contribution in [2.75, 3.05) is 19.6 Å². The summed E-state index contributed by atoms with van der Waals surface area (Å²) in [5.41, 5.74) is 3.15. The molecule has 0 aromatic heterocycles. The third kappa shape index (κ3) is 4.21. The van der Waals surface area contributed by atoms with Crippen LogP contribution in [-0.2, 0) is 24.6 Å². The number of hydrogen-bond acceptors (Lipinski definition) is 8. The van der Waals surface area contributed by atoms with Gasteiger partial charge in [0.05, 0.1) is 43.1 Å². The van der Waals surface area contributed by atoms with E-state index in [-0.39, 0.29) is 36.0 Å². The molecule has 6 unspecified atom stereocenters. The van der Waals surface area contributed by atoms with Crippen molar-refractivity contribution >= 4 is 40.9 Å². The Balaban J connectivity index is 1.53. The van der Waals surface area contributed by atoms with Crippen LogP contribution in [0.5, 0.6) is 17.2 Å². The van der Waals surface area contributed by atoms with Crippen LogP contribution >= 0.6 is 11.6 Å². The first-order chi connectivity index (χ1) is 22.1. The fourth-order valence-corrected chi connectivity index (χ4v) is 8.22. The number of phenolic OH excluding ortho intramolecular Hbond substituents is 1. The molecule has 3 N–H and O–H groups in total. The second-order valence-electron chi connectivity index (χ2n) is 12.0. The van der Waals surface area contributed by atoms with Gasteiger partial charge < -0.3 is 14.6 Å². The number of imide groups is 2. The van der Waals surface area contributed by atoms with Crippen LogP contribution < -0.4 is 20.2 Å². The van der Waals surface area contributed by atoms with Gasteiger partial charge in [0.2, 0.25) is 11.8 Å². The first-order valence-corrected chi connectivity index (χ1v) is 15.1. The molecule has 1 saturated carbocycles. The van der Waals surface area contributed by atoms with Crippen molar-refractivity contribution in [3.8, 4) is 17.2 Å². The molecule has 6 atom stereocenters. The number of amides is 4. The van der Waals surface area contributed by atoms with Crippen molar-refractivity contribution in [3.05, 3.63) is 94.3 Å². The van der Waals surface area contributed by atoms with Crippen LogP contribution in [0, 0.1) is 29.5 Å². The van der Waals surface area contributed by atoms with Crippen LogP contribution in [0.4, 0.5) is 10.1 Å². The van der Waals surface area contributed by atoms with Crippen LogP contribution in [-0.4, -0.2) is 48.0 Å². The number of hydrogen-bond donors (Lipinski definition) is 3. The van der Waals surface area contributed by atoms with E-state index in [4.69, 9.17) is 21.1 Å². The Kier molecular flexibility index (Phi) is 7.04. The van der Waals surface area contributed by atoms with Crippen LogP contribution in [0.25, 0.3) is 0 Å². The lowest BCUT2D eigenvalue weighted by atomic mass is 9.49. The Morgan fingerprint density at radius 2 is 1.61 bits per heavy atom. The fraction of sp³-hybridized carbons (Fsp3) is 0.294. The summed E-state index contributed by atoms with van der Waals surface area (Å²) < 4.78 is 25.3. The number of carbonyl (C=O) groups is 4. The normalized spacial score (nSPS) is 28.2. The number of phenols is 1. The van der Waals surface area contributed by atoms with Gasteiger partial charge in [0, 0.05) is 28.6 Å². The lowest BCUT2D eigenvalue weighted by molar-refractivity contribution is -0.138. The van der Waals surface area contributed by atoms with E-state index in [1.165, 1.54) is 50.6 Å². The van der Waals surface area contributed by atoms with E-state index >= 15 is 4.79 Å². The van der Waals surface area contributed by atoms with E-state index in [0.29, 0.717) is 27.4 Å². The third-order valence-corrected chi connectivity index (χ3v) is 10.2. The van der Waals surface area contributed by atoms with E-state index in [9.17, 15) is 23.9 Å². The molecular weight excluding hydrogens is 617 g/mol. The summed E-state index contributed by atoms with van der Waals surface area (Å²) in [6.45, 7) is 0. The maximum absolute atomic E-state index is 15.1. The van der Waals surface area contributed by atoms with Crippen molar-refractivity contribution in [2.24, 2.45) is 23.7 Å². The van der Waals surface area contributed by atoms with Gasteiger partial charge in [0.25, 0.3) is 11.8 Å². The largest absolute Gasteiger partial charge is 0.508 e. The Hall–Kier alpha value is -4.90. The fourth-order valence-electron chi connectivity index (χ4n) is 8.09. The summed E-state index contributed by atoms with van der Waals surface area (Å²) in [6.07, 6.45) is 2.22. The maximum atomic E-state index is 15.1. The number of nitrogens with zero attached hydrogens (tertiary/aromatic N) is 1. The number of anilines is 1. The van der Waals surface area contributed by atoms with Gasteiger partial charge in [-0.05, 0) is 60.7 Å². The highest BCUT2D eigenvalue weighted by molar-refractivity contribution is 6.30. The number of allylic oxidation sites excluding steroid dienone is 2. The average Bonchev–Trinajstić information content (AvgIpc) is 3.46. The molecule has 4 aliphatic rings. The summed E-state index contributed by atoms with van der Waals surface area (Å²) in [7, 11) is 2.84. The molecule has 0 bridgehead atoms. The Morgan fingerprint density at radius 3 is 2.24 bits per heavy atom. The summed E-state index contributed by atoms with van der Waals surface area (Å²) in [6, 6.07) is 14.7. The molecule has 4 amide bonds. The number of fused-ring (bicyclic) bond motifs is 4. The summed E-state index contributed by atoms with van der Waals surface area (Å²) in [4.78, 5) is 55.8. The number of methoxy groups -OCH3 is 2. The smallest absolute Gasteiger partial charge is 0.260 e. The molecule has 2 aliphatic heterocycles. The predicted octanol–water partition coefficient (Wildman–Crippen LogP) is 4.47. The highest BCUT2D eigenvalue weighted by Gasteiger charge is 2.70. The van der Waals surface area contributed by atoms with E-state index in [1.54, 1.807) is 24.3 Å². The van der Waals surface area contributed by atoms with Crippen molar-refractivity contribution < 1.29 is 38.1 Å². The topological polar surface area (TPSA) is 134 Å². The number of carbonyl (C=O) groups excluding carboxylic acids is 4.